The van der Waals surface area contributed by atoms with Gasteiger partial charge in [-0.05, 0) is 37.3 Å². The molecule has 1 aliphatic rings. The van der Waals surface area contributed by atoms with E-state index in [0.29, 0.717) is 0 Å². The monoisotopic (exact) mass is 251 g/mol. The summed E-state index contributed by atoms with van der Waals surface area (Å²) < 4.78 is 0. The summed E-state index contributed by atoms with van der Waals surface area (Å²) in [6, 6.07) is 4.26. The molecule has 0 radical (unpaired) electrons. The number of nitrogens with zero attached hydrogens (tertiary/aromatic N) is 2. The second-order valence-corrected chi connectivity index (χ2v) is 5.55. The SMILES string of the molecule is CCNc1ccc(CN2CCCSCC2)cn1. The number of rotatable bonds is 4. The fourth-order valence-electron chi connectivity index (χ4n) is 2.02. The summed E-state index contributed by atoms with van der Waals surface area (Å²) >= 11 is 2.07. The van der Waals surface area contributed by atoms with E-state index in [1.807, 2.05) is 6.20 Å². The first-order chi connectivity index (χ1) is 8.38. The van der Waals surface area contributed by atoms with Crippen molar-refractivity contribution < 1.29 is 0 Å². The summed E-state index contributed by atoms with van der Waals surface area (Å²) in [5.74, 6) is 3.56. The quantitative estimate of drug-likeness (QED) is 0.890. The fraction of sp³-hybridized carbons (Fsp3) is 0.615. The highest BCUT2D eigenvalue weighted by molar-refractivity contribution is 7.99. The molecule has 1 saturated heterocycles. The summed E-state index contributed by atoms with van der Waals surface area (Å²) in [5.41, 5.74) is 1.32. The molecule has 2 heterocycles. The molecule has 0 amide bonds. The van der Waals surface area contributed by atoms with Crippen molar-refractivity contribution in [3.63, 3.8) is 0 Å². The largest absolute Gasteiger partial charge is 0.370 e. The summed E-state index contributed by atoms with van der Waals surface area (Å²) in [6.07, 6.45) is 3.31. The van der Waals surface area contributed by atoms with Crippen LogP contribution in [-0.2, 0) is 6.54 Å². The van der Waals surface area contributed by atoms with E-state index in [-0.39, 0.29) is 0 Å². The Labute approximate surface area is 108 Å². The molecule has 0 spiro atoms. The van der Waals surface area contributed by atoms with E-state index in [1.54, 1.807) is 0 Å². The first-order valence-corrected chi connectivity index (χ1v) is 7.53. The standard InChI is InChI=1S/C13H21N3S/c1-2-14-13-5-4-12(10-15-13)11-16-6-3-8-17-9-7-16/h4-5,10H,2-3,6-9,11H2,1H3,(H,14,15). The lowest BCUT2D eigenvalue weighted by molar-refractivity contribution is 0.287. The van der Waals surface area contributed by atoms with E-state index in [2.05, 4.69) is 46.0 Å². The van der Waals surface area contributed by atoms with Gasteiger partial charge in [-0.25, -0.2) is 4.98 Å². The Morgan fingerprint density at radius 3 is 3.06 bits per heavy atom. The van der Waals surface area contributed by atoms with Gasteiger partial charge in [-0.1, -0.05) is 6.07 Å². The summed E-state index contributed by atoms with van der Waals surface area (Å²) in [5, 5.41) is 3.22. The highest BCUT2D eigenvalue weighted by Crippen LogP contribution is 2.13. The maximum Gasteiger partial charge on any atom is 0.125 e. The van der Waals surface area contributed by atoms with Gasteiger partial charge in [0.15, 0.2) is 0 Å². The van der Waals surface area contributed by atoms with Crippen LogP contribution < -0.4 is 5.32 Å². The van der Waals surface area contributed by atoms with Crippen molar-refractivity contribution in [3.05, 3.63) is 23.9 Å². The van der Waals surface area contributed by atoms with Crippen LogP contribution in [0.15, 0.2) is 18.3 Å². The normalized spacial score (nSPS) is 17.7. The second kappa shape index (κ2) is 6.87. The van der Waals surface area contributed by atoms with Gasteiger partial charge in [0.2, 0.25) is 0 Å². The molecule has 0 unspecified atom stereocenters. The van der Waals surface area contributed by atoms with Crippen LogP contribution in [0.1, 0.15) is 18.9 Å². The third-order valence-corrected chi connectivity index (χ3v) is 3.95. The molecule has 1 aromatic rings. The average molecular weight is 251 g/mol. The Bertz CT molecular complexity index is 318. The van der Waals surface area contributed by atoms with Crippen molar-refractivity contribution in [2.24, 2.45) is 0 Å². The van der Waals surface area contributed by atoms with Gasteiger partial charge in [0, 0.05) is 31.6 Å². The van der Waals surface area contributed by atoms with E-state index >= 15 is 0 Å². The molecule has 0 bridgehead atoms. The zero-order valence-corrected chi connectivity index (χ0v) is 11.3. The van der Waals surface area contributed by atoms with E-state index in [1.165, 1.54) is 36.6 Å². The van der Waals surface area contributed by atoms with Gasteiger partial charge in [0.1, 0.15) is 5.82 Å². The molecular formula is C13H21N3S. The highest BCUT2D eigenvalue weighted by atomic mass is 32.2. The Kier molecular flexibility index (Phi) is 5.13. The maximum absolute atomic E-state index is 4.41. The predicted molar refractivity (Wildman–Crippen MR) is 75.6 cm³/mol. The van der Waals surface area contributed by atoms with Crippen molar-refractivity contribution in [3.8, 4) is 0 Å². The minimum absolute atomic E-state index is 0.926. The Hall–Kier alpha value is -0.740. The number of thioether (sulfide) groups is 1. The molecule has 2 rings (SSSR count). The molecule has 1 aromatic heterocycles. The molecule has 0 aromatic carbocycles. The second-order valence-electron chi connectivity index (χ2n) is 4.32. The lowest BCUT2D eigenvalue weighted by Crippen LogP contribution is -2.25. The first kappa shape index (κ1) is 12.7. The molecule has 0 atom stereocenters. The Balaban J connectivity index is 1.88. The molecule has 4 heteroatoms. The smallest absolute Gasteiger partial charge is 0.125 e. The number of pyridine rings is 1. The van der Waals surface area contributed by atoms with Gasteiger partial charge in [-0.15, -0.1) is 0 Å². The lowest BCUT2D eigenvalue weighted by atomic mass is 10.2. The average Bonchev–Trinajstić information content (AvgIpc) is 2.61. The van der Waals surface area contributed by atoms with Gasteiger partial charge < -0.3 is 5.32 Å². The lowest BCUT2D eigenvalue weighted by Gasteiger charge is -2.19. The van der Waals surface area contributed by atoms with Gasteiger partial charge in [0.05, 0.1) is 0 Å². The van der Waals surface area contributed by atoms with E-state index in [0.717, 1.165) is 18.9 Å². The van der Waals surface area contributed by atoms with Crippen LogP contribution in [0.5, 0.6) is 0 Å². The summed E-state index contributed by atoms with van der Waals surface area (Å²) in [6.45, 7) is 6.49. The topological polar surface area (TPSA) is 28.2 Å². The van der Waals surface area contributed by atoms with E-state index in [9.17, 15) is 0 Å². The molecule has 3 nitrogen and oxygen atoms in total. The van der Waals surface area contributed by atoms with Crippen molar-refractivity contribution in [2.45, 2.75) is 19.9 Å². The summed E-state index contributed by atoms with van der Waals surface area (Å²) in [7, 11) is 0. The Morgan fingerprint density at radius 2 is 2.29 bits per heavy atom. The van der Waals surface area contributed by atoms with Gasteiger partial charge in [0.25, 0.3) is 0 Å². The van der Waals surface area contributed by atoms with Crippen LogP contribution in [-0.4, -0.2) is 41.0 Å². The molecule has 0 saturated carbocycles. The summed E-state index contributed by atoms with van der Waals surface area (Å²) in [4.78, 5) is 6.95. The van der Waals surface area contributed by atoms with Gasteiger partial charge in [-0.2, -0.15) is 11.8 Å². The van der Waals surface area contributed by atoms with Gasteiger partial charge >= 0.3 is 0 Å². The van der Waals surface area contributed by atoms with Crippen LogP contribution in [0, 0.1) is 0 Å². The van der Waals surface area contributed by atoms with Crippen LogP contribution in [0.3, 0.4) is 0 Å². The molecular weight excluding hydrogens is 230 g/mol. The van der Waals surface area contributed by atoms with Crippen LogP contribution >= 0.6 is 11.8 Å². The maximum atomic E-state index is 4.41. The van der Waals surface area contributed by atoms with Crippen molar-refractivity contribution >= 4 is 17.6 Å². The minimum atomic E-state index is 0.926. The molecule has 1 fully saturated rings. The highest BCUT2D eigenvalue weighted by Gasteiger charge is 2.09. The predicted octanol–water partition coefficient (Wildman–Crippen LogP) is 2.45. The van der Waals surface area contributed by atoms with Crippen molar-refractivity contribution in [1.82, 2.24) is 9.88 Å². The fourth-order valence-corrected chi connectivity index (χ4v) is 2.94. The van der Waals surface area contributed by atoms with Crippen LogP contribution in [0.25, 0.3) is 0 Å². The third kappa shape index (κ3) is 4.21. The molecule has 1 N–H and O–H groups in total. The number of anilines is 1. The first-order valence-electron chi connectivity index (χ1n) is 6.37. The number of hydrogen-bond donors (Lipinski definition) is 1. The molecule has 94 valence electrons. The number of aromatic nitrogens is 1. The zero-order valence-electron chi connectivity index (χ0n) is 10.5. The van der Waals surface area contributed by atoms with E-state index in [4.69, 9.17) is 0 Å². The van der Waals surface area contributed by atoms with Crippen molar-refractivity contribution in [1.29, 1.82) is 0 Å². The number of nitrogens with one attached hydrogen (secondary N) is 1. The van der Waals surface area contributed by atoms with Crippen LogP contribution in [0.2, 0.25) is 0 Å². The minimum Gasteiger partial charge on any atom is -0.370 e. The van der Waals surface area contributed by atoms with Crippen molar-refractivity contribution in [2.75, 3.05) is 36.5 Å². The number of hydrogen-bond acceptors (Lipinski definition) is 4. The molecule has 1 aliphatic heterocycles. The third-order valence-electron chi connectivity index (χ3n) is 2.90. The van der Waals surface area contributed by atoms with E-state index < -0.39 is 0 Å². The Morgan fingerprint density at radius 1 is 1.35 bits per heavy atom. The van der Waals surface area contributed by atoms with Gasteiger partial charge in [-0.3, -0.25) is 4.90 Å². The zero-order chi connectivity index (χ0) is 11.9. The van der Waals surface area contributed by atoms with Crippen LogP contribution in [0.4, 0.5) is 5.82 Å². The molecule has 0 aliphatic carbocycles. The molecule has 17 heavy (non-hydrogen) atoms.